The number of para-hydroxylation sites is 2. The Morgan fingerprint density at radius 1 is 1.03 bits per heavy atom. The molecule has 3 heterocycles. The maximum Gasteiger partial charge on any atom is 0.274 e. The molecule has 0 bridgehead atoms. The first-order valence-electron chi connectivity index (χ1n) is 11.1. The number of carbonyl (C=O) groups is 1. The van der Waals surface area contributed by atoms with E-state index >= 15 is 0 Å². The van der Waals surface area contributed by atoms with E-state index in [2.05, 4.69) is 11.2 Å². The van der Waals surface area contributed by atoms with Crippen LogP contribution in [0.5, 0.6) is 5.75 Å². The number of hydrogen-bond donors (Lipinski definition) is 0. The maximum atomic E-state index is 13.5. The Labute approximate surface area is 195 Å². The molecular formula is C25H24N4O3S. The van der Waals surface area contributed by atoms with Crippen molar-refractivity contribution >= 4 is 27.5 Å². The molecule has 1 atom stereocenters. The Hall–Kier alpha value is -3.52. The SMILES string of the molecule is O=C(c1ccc(=O)n(CCOc2ccccc2)n1)N1CCCCC1c1nc2ccccc2s1. The molecule has 0 spiro atoms. The van der Waals surface area contributed by atoms with E-state index in [4.69, 9.17) is 9.72 Å². The Morgan fingerprint density at radius 2 is 1.85 bits per heavy atom. The molecule has 1 saturated heterocycles. The molecule has 0 saturated carbocycles. The predicted molar refractivity (Wildman–Crippen MR) is 128 cm³/mol. The number of ether oxygens (including phenoxy) is 1. The highest BCUT2D eigenvalue weighted by Crippen LogP contribution is 2.36. The number of amides is 1. The lowest BCUT2D eigenvalue weighted by Crippen LogP contribution is -2.40. The molecule has 1 fully saturated rings. The van der Waals surface area contributed by atoms with Crippen LogP contribution in [0.1, 0.15) is 40.8 Å². The van der Waals surface area contributed by atoms with Gasteiger partial charge in [0.1, 0.15) is 23.1 Å². The Bertz CT molecular complexity index is 1280. The van der Waals surface area contributed by atoms with Crippen molar-refractivity contribution in [2.75, 3.05) is 13.2 Å². The van der Waals surface area contributed by atoms with Crippen molar-refractivity contribution < 1.29 is 9.53 Å². The normalized spacial score (nSPS) is 16.1. The predicted octanol–water partition coefficient (Wildman–Crippen LogP) is 4.30. The molecule has 1 aliphatic heterocycles. The molecule has 1 aliphatic rings. The average Bonchev–Trinajstić information content (AvgIpc) is 3.30. The van der Waals surface area contributed by atoms with Gasteiger partial charge in [0.05, 0.1) is 22.8 Å². The van der Waals surface area contributed by atoms with E-state index < -0.39 is 0 Å². The number of fused-ring (bicyclic) bond motifs is 1. The highest BCUT2D eigenvalue weighted by molar-refractivity contribution is 7.18. The smallest absolute Gasteiger partial charge is 0.274 e. The second-order valence-corrected chi connectivity index (χ2v) is 9.03. The lowest BCUT2D eigenvalue weighted by molar-refractivity contribution is 0.0602. The first-order chi connectivity index (χ1) is 16.2. The van der Waals surface area contributed by atoms with Crippen LogP contribution in [0.15, 0.2) is 71.5 Å². The third kappa shape index (κ3) is 4.66. The third-order valence-corrected chi connectivity index (χ3v) is 6.90. The Balaban J connectivity index is 1.34. The summed E-state index contributed by atoms with van der Waals surface area (Å²) in [6.07, 6.45) is 2.86. The van der Waals surface area contributed by atoms with Crippen LogP contribution in [-0.2, 0) is 6.54 Å². The summed E-state index contributed by atoms with van der Waals surface area (Å²) in [4.78, 5) is 32.4. The summed E-state index contributed by atoms with van der Waals surface area (Å²) >= 11 is 1.64. The Kier molecular flexibility index (Phi) is 6.17. The first kappa shape index (κ1) is 21.3. The van der Waals surface area contributed by atoms with Crippen molar-refractivity contribution in [1.29, 1.82) is 0 Å². The molecule has 7 nitrogen and oxygen atoms in total. The van der Waals surface area contributed by atoms with Crippen LogP contribution in [-0.4, -0.2) is 38.7 Å². The van der Waals surface area contributed by atoms with Gasteiger partial charge in [0, 0.05) is 12.6 Å². The van der Waals surface area contributed by atoms with Crippen LogP contribution in [0.3, 0.4) is 0 Å². The van der Waals surface area contributed by atoms with Gasteiger partial charge in [-0.3, -0.25) is 9.59 Å². The van der Waals surface area contributed by atoms with E-state index in [1.807, 2.05) is 53.4 Å². The van der Waals surface area contributed by atoms with Crippen LogP contribution in [0, 0.1) is 0 Å². The quantitative estimate of drug-likeness (QED) is 0.429. The summed E-state index contributed by atoms with van der Waals surface area (Å²) in [5, 5.41) is 5.32. The van der Waals surface area contributed by atoms with Crippen molar-refractivity contribution in [3.8, 4) is 5.75 Å². The van der Waals surface area contributed by atoms with Gasteiger partial charge in [-0.05, 0) is 49.6 Å². The summed E-state index contributed by atoms with van der Waals surface area (Å²) in [6.45, 7) is 1.19. The number of aromatic nitrogens is 3. The van der Waals surface area contributed by atoms with Crippen molar-refractivity contribution in [1.82, 2.24) is 19.7 Å². The molecule has 2 aromatic carbocycles. The number of rotatable bonds is 6. The van der Waals surface area contributed by atoms with E-state index in [-0.39, 0.29) is 36.4 Å². The molecular weight excluding hydrogens is 436 g/mol. The van der Waals surface area contributed by atoms with Crippen LogP contribution in [0.4, 0.5) is 0 Å². The average molecular weight is 461 g/mol. The van der Waals surface area contributed by atoms with Gasteiger partial charge in [0.25, 0.3) is 11.5 Å². The van der Waals surface area contributed by atoms with E-state index in [0.29, 0.717) is 6.54 Å². The second kappa shape index (κ2) is 9.54. The van der Waals surface area contributed by atoms with Crippen molar-refractivity contribution in [3.05, 3.63) is 87.8 Å². The second-order valence-electron chi connectivity index (χ2n) is 7.97. The molecule has 168 valence electrons. The van der Waals surface area contributed by atoms with Gasteiger partial charge in [-0.15, -0.1) is 11.3 Å². The standard InChI is InChI=1S/C25H24N4O3S/c30-23-14-13-20(27-29(23)16-17-32-18-8-2-1-3-9-18)25(31)28-15-7-6-11-21(28)24-26-19-10-4-5-12-22(19)33-24/h1-5,8-10,12-14,21H,6-7,11,15-17H2. The van der Waals surface area contributed by atoms with Gasteiger partial charge >= 0.3 is 0 Å². The van der Waals surface area contributed by atoms with Crippen LogP contribution >= 0.6 is 11.3 Å². The summed E-state index contributed by atoms with van der Waals surface area (Å²) in [5.41, 5.74) is 0.965. The van der Waals surface area contributed by atoms with E-state index in [1.54, 1.807) is 11.3 Å². The summed E-state index contributed by atoms with van der Waals surface area (Å²) in [6, 6.07) is 20.3. The number of hydrogen-bond acceptors (Lipinski definition) is 6. The molecule has 2 aromatic heterocycles. The van der Waals surface area contributed by atoms with Gasteiger partial charge in [-0.25, -0.2) is 9.67 Å². The monoisotopic (exact) mass is 460 g/mol. The van der Waals surface area contributed by atoms with E-state index in [1.165, 1.54) is 16.8 Å². The lowest BCUT2D eigenvalue weighted by atomic mass is 10.0. The number of nitrogens with zero attached hydrogens (tertiary/aromatic N) is 4. The van der Waals surface area contributed by atoms with Gasteiger partial charge in [-0.1, -0.05) is 30.3 Å². The topological polar surface area (TPSA) is 77.3 Å². The highest BCUT2D eigenvalue weighted by Gasteiger charge is 2.31. The zero-order valence-electron chi connectivity index (χ0n) is 18.1. The molecule has 4 aromatic rings. The van der Waals surface area contributed by atoms with Crippen LogP contribution in [0.25, 0.3) is 10.2 Å². The molecule has 8 heteroatoms. The summed E-state index contributed by atoms with van der Waals surface area (Å²) in [5.74, 6) is 0.557. The fourth-order valence-electron chi connectivity index (χ4n) is 4.10. The van der Waals surface area contributed by atoms with Crippen molar-refractivity contribution in [2.24, 2.45) is 0 Å². The minimum absolute atomic E-state index is 0.0766. The summed E-state index contributed by atoms with van der Waals surface area (Å²) < 4.78 is 8.10. The molecule has 1 unspecified atom stereocenters. The van der Waals surface area contributed by atoms with E-state index in [0.717, 1.165) is 40.2 Å². The number of piperidine rings is 1. The molecule has 0 N–H and O–H groups in total. The first-order valence-corrected chi connectivity index (χ1v) is 11.9. The minimum Gasteiger partial charge on any atom is -0.492 e. The van der Waals surface area contributed by atoms with Gasteiger partial charge in [0.2, 0.25) is 0 Å². The Morgan fingerprint density at radius 3 is 2.70 bits per heavy atom. The van der Waals surface area contributed by atoms with Gasteiger partial charge in [0.15, 0.2) is 0 Å². The summed E-state index contributed by atoms with van der Waals surface area (Å²) in [7, 11) is 0. The molecule has 0 aliphatic carbocycles. The zero-order chi connectivity index (χ0) is 22.6. The highest BCUT2D eigenvalue weighted by atomic mass is 32.1. The molecule has 0 radical (unpaired) electrons. The minimum atomic E-state index is -0.260. The molecule has 33 heavy (non-hydrogen) atoms. The fourth-order valence-corrected chi connectivity index (χ4v) is 5.22. The van der Waals surface area contributed by atoms with Gasteiger partial charge in [-0.2, -0.15) is 5.10 Å². The fraction of sp³-hybridized carbons (Fsp3) is 0.280. The van der Waals surface area contributed by atoms with Crippen molar-refractivity contribution in [2.45, 2.75) is 31.8 Å². The van der Waals surface area contributed by atoms with Crippen LogP contribution in [0.2, 0.25) is 0 Å². The number of carbonyl (C=O) groups excluding carboxylic acids is 1. The number of likely N-dealkylation sites (tertiary alicyclic amines) is 1. The van der Waals surface area contributed by atoms with Crippen molar-refractivity contribution in [3.63, 3.8) is 0 Å². The van der Waals surface area contributed by atoms with Gasteiger partial charge < -0.3 is 9.64 Å². The number of thiazole rings is 1. The molecule has 1 amide bonds. The lowest BCUT2D eigenvalue weighted by Gasteiger charge is -2.34. The third-order valence-electron chi connectivity index (χ3n) is 5.76. The maximum absolute atomic E-state index is 13.5. The van der Waals surface area contributed by atoms with Crippen LogP contribution < -0.4 is 10.3 Å². The molecule has 5 rings (SSSR count). The number of benzene rings is 2. The zero-order valence-corrected chi connectivity index (χ0v) is 18.9. The van der Waals surface area contributed by atoms with E-state index in [9.17, 15) is 9.59 Å². The largest absolute Gasteiger partial charge is 0.492 e.